The van der Waals surface area contributed by atoms with Gasteiger partial charge in [-0.25, -0.2) is 0 Å². The van der Waals surface area contributed by atoms with Gasteiger partial charge in [-0.1, -0.05) is 0 Å². The fraction of sp³-hybridized carbons (Fsp3) is 0.571. The third-order valence-electron chi connectivity index (χ3n) is 3.08. The van der Waals surface area contributed by atoms with Gasteiger partial charge in [0.2, 0.25) is 0 Å². The van der Waals surface area contributed by atoms with Gasteiger partial charge >= 0.3 is 0 Å². The Kier molecular flexibility index (Phi) is 5.84. The number of nitrogens with one attached hydrogen (secondary N) is 1. The van der Waals surface area contributed by atoms with Crippen LogP contribution in [0.5, 0.6) is 5.75 Å². The van der Waals surface area contributed by atoms with E-state index in [-0.39, 0.29) is 0 Å². The Bertz CT molecular complexity index is 336. The number of methoxy groups -OCH3 is 1. The molecule has 0 spiro atoms. The number of ether oxygens (including phenoxy) is 2. The Morgan fingerprint density at radius 2 is 2.00 bits per heavy atom. The summed E-state index contributed by atoms with van der Waals surface area (Å²) in [6.07, 6.45) is 2.29. The van der Waals surface area contributed by atoms with Crippen LogP contribution in [0.15, 0.2) is 29.2 Å². The van der Waals surface area contributed by atoms with Crippen LogP contribution in [0.3, 0.4) is 0 Å². The molecule has 1 N–H and O–H groups in total. The van der Waals surface area contributed by atoms with Gasteiger partial charge < -0.3 is 14.8 Å². The zero-order valence-corrected chi connectivity index (χ0v) is 11.7. The maximum Gasteiger partial charge on any atom is 0.118 e. The standard InChI is InChI=1S/C14H21NO2S/c1-16-13-2-4-14(5-3-13)18-11-8-15-12-6-9-17-10-7-12/h2-5,12,15H,6-11H2,1H3. The first-order valence-corrected chi connectivity index (χ1v) is 7.45. The number of benzene rings is 1. The van der Waals surface area contributed by atoms with Crippen LogP contribution in [0.25, 0.3) is 0 Å². The van der Waals surface area contributed by atoms with Gasteiger partial charge in [0.15, 0.2) is 0 Å². The summed E-state index contributed by atoms with van der Waals surface area (Å²) in [4.78, 5) is 1.30. The van der Waals surface area contributed by atoms with E-state index in [0.29, 0.717) is 6.04 Å². The van der Waals surface area contributed by atoms with Gasteiger partial charge in [0.05, 0.1) is 7.11 Å². The smallest absolute Gasteiger partial charge is 0.118 e. The first-order valence-electron chi connectivity index (χ1n) is 6.46. The number of rotatable bonds is 6. The maximum absolute atomic E-state index is 5.34. The Labute approximate surface area is 113 Å². The van der Waals surface area contributed by atoms with Gasteiger partial charge in [-0.3, -0.25) is 0 Å². The van der Waals surface area contributed by atoms with E-state index in [9.17, 15) is 0 Å². The molecule has 100 valence electrons. The van der Waals surface area contributed by atoms with Crippen molar-refractivity contribution in [3.8, 4) is 5.75 Å². The molecule has 1 fully saturated rings. The van der Waals surface area contributed by atoms with E-state index in [1.807, 2.05) is 23.9 Å². The molecule has 0 saturated carbocycles. The van der Waals surface area contributed by atoms with Crippen molar-refractivity contribution in [2.24, 2.45) is 0 Å². The minimum atomic E-state index is 0.648. The van der Waals surface area contributed by atoms with E-state index >= 15 is 0 Å². The SMILES string of the molecule is COc1ccc(SCCNC2CCOCC2)cc1. The number of hydrogen-bond acceptors (Lipinski definition) is 4. The van der Waals surface area contributed by atoms with Gasteiger partial charge in [-0.2, -0.15) is 0 Å². The first kappa shape index (κ1) is 13.7. The lowest BCUT2D eigenvalue weighted by Crippen LogP contribution is -2.35. The van der Waals surface area contributed by atoms with Crippen LogP contribution in [0, 0.1) is 0 Å². The molecule has 0 atom stereocenters. The van der Waals surface area contributed by atoms with Crippen LogP contribution in [0.4, 0.5) is 0 Å². The van der Waals surface area contributed by atoms with Crippen molar-refractivity contribution in [3.63, 3.8) is 0 Å². The molecule has 1 saturated heterocycles. The molecule has 0 radical (unpaired) electrons. The number of hydrogen-bond donors (Lipinski definition) is 1. The summed E-state index contributed by atoms with van der Waals surface area (Å²) in [6, 6.07) is 8.88. The second-order valence-electron chi connectivity index (χ2n) is 4.36. The Hall–Kier alpha value is -0.710. The third kappa shape index (κ3) is 4.52. The monoisotopic (exact) mass is 267 g/mol. The lowest BCUT2D eigenvalue weighted by Gasteiger charge is -2.23. The molecule has 3 nitrogen and oxygen atoms in total. The van der Waals surface area contributed by atoms with Gasteiger partial charge in [-0.15, -0.1) is 11.8 Å². The van der Waals surface area contributed by atoms with E-state index in [0.717, 1.165) is 44.1 Å². The highest BCUT2D eigenvalue weighted by atomic mass is 32.2. The molecule has 18 heavy (non-hydrogen) atoms. The minimum absolute atomic E-state index is 0.648. The van der Waals surface area contributed by atoms with Crippen molar-refractivity contribution in [2.75, 3.05) is 32.6 Å². The molecule has 1 aromatic carbocycles. The molecule has 0 aromatic heterocycles. The summed E-state index contributed by atoms with van der Waals surface area (Å²) in [6.45, 7) is 2.87. The highest BCUT2D eigenvalue weighted by molar-refractivity contribution is 7.99. The van der Waals surface area contributed by atoms with Crippen molar-refractivity contribution in [1.82, 2.24) is 5.32 Å². The van der Waals surface area contributed by atoms with Gasteiger partial charge in [0.1, 0.15) is 5.75 Å². The second-order valence-corrected chi connectivity index (χ2v) is 5.53. The molecule has 4 heteroatoms. The number of thioether (sulfide) groups is 1. The fourth-order valence-electron chi connectivity index (χ4n) is 2.01. The lowest BCUT2D eigenvalue weighted by atomic mass is 10.1. The largest absolute Gasteiger partial charge is 0.497 e. The van der Waals surface area contributed by atoms with Crippen LogP contribution < -0.4 is 10.1 Å². The Morgan fingerprint density at radius 3 is 2.67 bits per heavy atom. The van der Waals surface area contributed by atoms with Crippen molar-refractivity contribution in [1.29, 1.82) is 0 Å². The van der Waals surface area contributed by atoms with Crippen LogP contribution in [-0.4, -0.2) is 38.7 Å². The predicted octanol–water partition coefficient (Wildman–Crippen LogP) is 2.56. The summed E-state index contributed by atoms with van der Waals surface area (Å²) in [5.74, 6) is 2.02. The average molecular weight is 267 g/mol. The summed E-state index contributed by atoms with van der Waals surface area (Å²) in [5.41, 5.74) is 0. The second kappa shape index (κ2) is 7.67. The molecule has 2 rings (SSSR count). The van der Waals surface area contributed by atoms with Crippen molar-refractivity contribution >= 4 is 11.8 Å². The van der Waals surface area contributed by atoms with Crippen LogP contribution in [0.1, 0.15) is 12.8 Å². The first-order chi connectivity index (χ1) is 8.88. The van der Waals surface area contributed by atoms with Crippen LogP contribution in [-0.2, 0) is 4.74 Å². The molecule has 0 unspecified atom stereocenters. The maximum atomic E-state index is 5.34. The van der Waals surface area contributed by atoms with E-state index in [4.69, 9.17) is 9.47 Å². The molecule has 0 bridgehead atoms. The van der Waals surface area contributed by atoms with Gasteiger partial charge in [0, 0.05) is 36.4 Å². The molecule has 1 aliphatic rings. The predicted molar refractivity (Wildman–Crippen MR) is 75.6 cm³/mol. The molecular formula is C14H21NO2S. The highest BCUT2D eigenvalue weighted by Gasteiger charge is 2.12. The Balaban J connectivity index is 1.62. The zero-order valence-electron chi connectivity index (χ0n) is 10.9. The third-order valence-corrected chi connectivity index (χ3v) is 4.10. The van der Waals surface area contributed by atoms with Gasteiger partial charge in [-0.05, 0) is 37.1 Å². The summed E-state index contributed by atoms with van der Waals surface area (Å²) < 4.78 is 10.5. The van der Waals surface area contributed by atoms with E-state index in [1.54, 1.807) is 7.11 Å². The quantitative estimate of drug-likeness (QED) is 0.634. The molecule has 1 aliphatic heterocycles. The Morgan fingerprint density at radius 1 is 1.28 bits per heavy atom. The lowest BCUT2D eigenvalue weighted by molar-refractivity contribution is 0.0786. The highest BCUT2D eigenvalue weighted by Crippen LogP contribution is 2.20. The normalized spacial score (nSPS) is 16.7. The topological polar surface area (TPSA) is 30.5 Å². The molecule has 0 aliphatic carbocycles. The van der Waals surface area contributed by atoms with Crippen LogP contribution in [0.2, 0.25) is 0 Å². The van der Waals surface area contributed by atoms with Crippen molar-refractivity contribution in [2.45, 2.75) is 23.8 Å². The van der Waals surface area contributed by atoms with E-state index in [2.05, 4.69) is 17.4 Å². The average Bonchev–Trinajstić information content (AvgIpc) is 2.45. The van der Waals surface area contributed by atoms with Crippen molar-refractivity contribution < 1.29 is 9.47 Å². The summed E-state index contributed by atoms with van der Waals surface area (Å²) in [5, 5.41) is 3.59. The van der Waals surface area contributed by atoms with Gasteiger partial charge in [0.25, 0.3) is 0 Å². The van der Waals surface area contributed by atoms with E-state index in [1.165, 1.54) is 4.90 Å². The zero-order chi connectivity index (χ0) is 12.6. The van der Waals surface area contributed by atoms with Crippen molar-refractivity contribution in [3.05, 3.63) is 24.3 Å². The molecule has 1 aromatic rings. The minimum Gasteiger partial charge on any atom is -0.497 e. The summed E-state index contributed by atoms with van der Waals surface area (Å²) in [7, 11) is 1.69. The molecule has 1 heterocycles. The van der Waals surface area contributed by atoms with E-state index < -0.39 is 0 Å². The van der Waals surface area contributed by atoms with Crippen LogP contribution >= 0.6 is 11.8 Å². The fourth-order valence-corrected chi connectivity index (χ4v) is 2.79. The molecule has 0 amide bonds. The molecular weight excluding hydrogens is 246 g/mol. The summed E-state index contributed by atoms with van der Waals surface area (Å²) >= 11 is 1.88.